The standard InChI is InChI=1S/C13H20O4.C12H18.C2H6/c1-12(2,3)16-10(14)8-7-9-11(15)17-13(4,5)6;1-4-5-6-12-9-10(2)7-8-11(12)3;1-2/h8H2,1-6H3;7-9H,4-6H2,1-3H3;1-2H3. The molecule has 0 unspecified atom stereocenters. The van der Waals surface area contributed by atoms with Crippen LogP contribution >= 0.6 is 0 Å². The van der Waals surface area contributed by atoms with Crippen molar-refractivity contribution in [1.82, 2.24) is 0 Å². The Hall–Kier alpha value is -2.28. The lowest BCUT2D eigenvalue weighted by molar-refractivity contribution is -0.153. The first kappa shape index (κ1) is 30.9. The average Bonchev–Trinajstić information content (AvgIpc) is 2.61. The quantitative estimate of drug-likeness (QED) is 0.300. The van der Waals surface area contributed by atoms with Crippen LogP contribution in [0.4, 0.5) is 0 Å². The van der Waals surface area contributed by atoms with Crippen molar-refractivity contribution in [3.05, 3.63) is 34.9 Å². The Morgan fingerprint density at radius 3 is 1.97 bits per heavy atom. The van der Waals surface area contributed by atoms with Crippen LogP contribution in [-0.4, -0.2) is 23.1 Å². The Balaban J connectivity index is 0. The minimum Gasteiger partial charge on any atom is -0.459 e. The zero-order valence-corrected chi connectivity index (χ0v) is 21.7. The molecule has 31 heavy (non-hydrogen) atoms. The number of carbonyl (C=O) groups is 2. The molecule has 0 aliphatic carbocycles. The Bertz CT molecular complexity index is 722. The third-order valence-electron chi connectivity index (χ3n) is 3.55. The first-order chi connectivity index (χ1) is 14.2. The number of carbonyl (C=O) groups excluding carboxylic acids is 2. The van der Waals surface area contributed by atoms with Crippen molar-refractivity contribution < 1.29 is 19.1 Å². The van der Waals surface area contributed by atoms with Gasteiger partial charge in [-0.15, -0.1) is 0 Å². The van der Waals surface area contributed by atoms with Crippen molar-refractivity contribution in [2.24, 2.45) is 0 Å². The van der Waals surface area contributed by atoms with E-state index in [-0.39, 0.29) is 6.42 Å². The highest BCUT2D eigenvalue weighted by molar-refractivity contribution is 5.89. The molecule has 4 nitrogen and oxygen atoms in total. The summed E-state index contributed by atoms with van der Waals surface area (Å²) in [6.45, 7) is 21.2. The number of hydrogen-bond acceptors (Lipinski definition) is 4. The molecule has 0 amide bonds. The smallest absolute Gasteiger partial charge is 0.384 e. The average molecular weight is 433 g/mol. The molecule has 0 bridgehead atoms. The predicted octanol–water partition coefficient (Wildman–Crippen LogP) is 6.74. The second kappa shape index (κ2) is 15.5. The summed E-state index contributed by atoms with van der Waals surface area (Å²) < 4.78 is 9.98. The summed E-state index contributed by atoms with van der Waals surface area (Å²) in [5, 5.41) is 0. The molecule has 0 radical (unpaired) electrons. The number of unbranched alkanes of at least 4 members (excludes halogenated alkanes) is 1. The molecule has 4 heteroatoms. The molecule has 1 aromatic rings. The summed E-state index contributed by atoms with van der Waals surface area (Å²) in [5.74, 6) is 3.59. The lowest BCUT2D eigenvalue weighted by Crippen LogP contribution is -2.24. The van der Waals surface area contributed by atoms with E-state index in [1.165, 1.54) is 36.0 Å². The van der Waals surface area contributed by atoms with E-state index in [9.17, 15) is 9.59 Å². The maximum absolute atomic E-state index is 11.2. The molecule has 0 heterocycles. The van der Waals surface area contributed by atoms with E-state index in [1.807, 2.05) is 13.8 Å². The first-order valence-electron chi connectivity index (χ1n) is 11.2. The van der Waals surface area contributed by atoms with Gasteiger partial charge < -0.3 is 9.47 Å². The van der Waals surface area contributed by atoms with E-state index in [4.69, 9.17) is 9.47 Å². The Morgan fingerprint density at radius 2 is 1.48 bits per heavy atom. The number of ether oxygens (including phenoxy) is 2. The number of aryl methyl sites for hydroxylation is 3. The Labute approximate surface area is 191 Å². The molecular formula is C27H44O4. The highest BCUT2D eigenvalue weighted by Crippen LogP contribution is 2.13. The van der Waals surface area contributed by atoms with Crippen molar-refractivity contribution in [1.29, 1.82) is 0 Å². The van der Waals surface area contributed by atoms with Gasteiger partial charge in [-0.1, -0.05) is 56.9 Å². The van der Waals surface area contributed by atoms with Crippen molar-refractivity contribution in [2.45, 2.75) is 113 Å². The van der Waals surface area contributed by atoms with Crippen LogP contribution in [0.25, 0.3) is 0 Å². The van der Waals surface area contributed by atoms with Gasteiger partial charge >= 0.3 is 11.9 Å². The normalized spacial score (nSPS) is 10.3. The fourth-order valence-corrected chi connectivity index (χ4v) is 2.31. The number of benzene rings is 1. The van der Waals surface area contributed by atoms with E-state index in [2.05, 4.69) is 50.8 Å². The number of rotatable bonds is 4. The summed E-state index contributed by atoms with van der Waals surface area (Å²) in [6.07, 6.45) is 3.72. The lowest BCUT2D eigenvalue weighted by Gasteiger charge is -2.18. The van der Waals surface area contributed by atoms with E-state index in [0.29, 0.717) is 0 Å². The highest BCUT2D eigenvalue weighted by Gasteiger charge is 2.16. The van der Waals surface area contributed by atoms with Gasteiger partial charge in [0, 0.05) is 5.92 Å². The second-order valence-electron chi connectivity index (χ2n) is 9.10. The van der Waals surface area contributed by atoms with Crippen LogP contribution in [0.15, 0.2) is 18.2 Å². The molecule has 0 spiro atoms. The Morgan fingerprint density at radius 1 is 0.935 bits per heavy atom. The first-order valence-corrected chi connectivity index (χ1v) is 11.2. The van der Waals surface area contributed by atoms with Crippen molar-refractivity contribution in [3.8, 4) is 11.8 Å². The molecule has 0 N–H and O–H groups in total. The summed E-state index contributed by atoms with van der Waals surface area (Å²) >= 11 is 0. The summed E-state index contributed by atoms with van der Waals surface area (Å²) in [6, 6.07) is 6.72. The zero-order chi connectivity index (χ0) is 24.7. The van der Waals surface area contributed by atoms with Gasteiger partial charge in [0.05, 0.1) is 0 Å². The SMILES string of the molecule is CC.CC(C)(C)OC(=O)C#CCC(=O)OC(C)(C)C.CCCCc1cc(C)ccc1C. The number of hydrogen-bond donors (Lipinski definition) is 0. The molecular weight excluding hydrogens is 388 g/mol. The lowest BCUT2D eigenvalue weighted by atomic mass is 10.0. The fraction of sp³-hybridized carbons (Fsp3) is 0.630. The second-order valence-corrected chi connectivity index (χ2v) is 9.10. The summed E-state index contributed by atoms with van der Waals surface area (Å²) in [7, 11) is 0. The molecule has 1 rings (SSSR count). The monoisotopic (exact) mass is 432 g/mol. The minimum atomic E-state index is -0.638. The maximum atomic E-state index is 11.2. The van der Waals surface area contributed by atoms with Crippen LogP contribution in [-0.2, 0) is 25.5 Å². The summed E-state index contributed by atoms with van der Waals surface area (Å²) in [5.41, 5.74) is 3.24. The molecule has 0 saturated heterocycles. The van der Waals surface area contributed by atoms with Gasteiger partial charge in [-0.25, -0.2) is 4.79 Å². The molecule has 0 aliphatic heterocycles. The largest absolute Gasteiger partial charge is 0.459 e. The van der Waals surface area contributed by atoms with E-state index in [1.54, 1.807) is 41.5 Å². The molecule has 0 fully saturated rings. The van der Waals surface area contributed by atoms with Gasteiger partial charge in [0.25, 0.3) is 0 Å². The van der Waals surface area contributed by atoms with Crippen LogP contribution in [0.2, 0.25) is 0 Å². The molecule has 0 aromatic heterocycles. The topological polar surface area (TPSA) is 52.6 Å². The van der Waals surface area contributed by atoms with Gasteiger partial charge in [0.1, 0.15) is 17.6 Å². The molecule has 1 aromatic carbocycles. The minimum absolute atomic E-state index is 0.115. The molecule has 0 saturated carbocycles. The van der Waals surface area contributed by atoms with Crippen LogP contribution in [0.3, 0.4) is 0 Å². The zero-order valence-electron chi connectivity index (χ0n) is 21.7. The number of esters is 2. The van der Waals surface area contributed by atoms with Crippen molar-refractivity contribution in [3.63, 3.8) is 0 Å². The highest BCUT2D eigenvalue weighted by atomic mass is 16.6. The summed E-state index contributed by atoms with van der Waals surface area (Å²) in [4.78, 5) is 22.4. The van der Waals surface area contributed by atoms with E-state index >= 15 is 0 Å². The van der Waals surface area contributed by atoms with Gasteiger partial charge in [0.15, 0.2) is 0 Å². The van der Waals surface area contributed by atoms with Gasteiger partial charge in [-0.3, -0.25) is 4.79 Å². The van der Waals surface area contributed by atoms with Crippen molar-refractivity contribution in [2.75, 3.05) is 0 Å². The van der Waals surface area contributed by atoms with Crippen molar-refractivity contribution >= 4 is 11.9 Å². The van der Waals surface area contributed by atoms with Crippen LogP contribution in [0, 0.1) is 25.7 Å². The third-order valence-corrected chi connectivity index (χ3v) is 3.55. The van der Waals surface area contributed by atoms with Crippen LogP contribution in [0.1, 0.15) is 98.3 Å². The Kier molecular flexibility index (Phi) is 15.5. The predicted molar refractivity (Wildman–Crippen MR) is 130 cm³/mol. The van der Waals surface area contributed by atoms with Crippen LogP contribution < -0.4 is 0 Å². The van der Waals surface area contributed by atoms with Crippen LogP contribution in [0.5, 0.6) is 0 Å². The maximum Gasteiger partial charge on any atom is 0.384 e. The van der Waals surface area contributed by atoms with Gasteiger partial charge in [-0.05, 0) is 79.4 Å². The van der Waals surface area contributed by atoms with E-state index in [0.717, 1.165) is 0 Å². The van der Waals surface area contributed by atoms with Gasteiger partial charge in [-0.2, -0.15) is 0 Å². The van der Waals surface area contributed by atoms with E-state index < -0.39 is 23.1 Å². The molecule has 0 atom stereocenters. The van der Waals surface area contributed by atoms with Gasteiger partial charge in [0.2, 0.25) is 0 Å². The third kappa shape index (κ3) is 19.4. The molecule has 176 valence electrons. The fourth-order valence-electron chi connectivity index (χ4n) is 2.31. The molecule has 0 aliphatic rings.